The second-order valence-corrected chi connectivity index (χ2v) is 5.69. The molecule has 1 N–H and O–H groups in total. The van der Waals surface area contributed by atoms with Crippen LogP contribution in [0.15, 0.2) is 24.3 Å². The van der Waals surface area contributed by atoms with E-state index in [1.54, 1.807) is 0 Å². The Morgan fingerprint density at radius 3 is 3.00 bits per heavy atom. The van der Waals surface area contributed by atoms with Gasteiger partial charge >= 0.3 is 0 Å². The molecule has 0 spiro atoms. The number of nitrogens with one attached hydrogen (secondary N) is 1. The quantitative estimate of drug-likeness (QED) is 0.879. The van der Waals surface area contributed by atoms with E-state index in [4.69, 9.17) is 4.74 Å². The molecule has 0 aromatic heterocycles. The Kier molecular flexibility index (Phi) is 4.04. The lowest BCUT2D eigenvalue weighted by atomic mass is 10.1. The monoisotopic (exact) mass is 260 g/mol. The maximum absolute atomic E-state index is 5.83. The summed E-state index contributed by atoms with van der Waals surface area (Å²) in [6.07, 6.45) is 2.80. The molecule has 3 rings (SSSR count). The van der Waals surface area contributed by atoms with Crippen LogP contribution < -0.4 is 10.1 Å². The Labute approximate surface area is 115 Å². The highest BCUT2D eigenvalue weighted by atomic mass is 16.5. The molecule has 0 amide bonds. The largest absolute Gasteiger partial charge is 0.492 e. The average Bonchev–Trinajstić information content (AvgIpc) is 3.25. The van der Waals surface area contributed by atoms with Crippen molar-refractivity contribution in [2.24, 2.45) is 5.92 Å². The van der Waals surface area contributed by atoms with Crippen LogP contribution in [0.4, 0.5) is 0 Å². The van der Waals surface area contributed by atoms with Crippen LogP contribution in [-0.2, 0) is 6.54 Å². The first kappa shape index (κ1) is 12.9. The highest BCUT2D eigenvalue weighted by Crippen LogP contribution is 2.33. The molecule has 1 unspecified atom stereocenters. The topological polar surface area (TPSA) is 24.5 Å². The fraction of sp³-hybridized carbons (Fsp3) is 0.625. The predicted octanol–water partition coefficient (Wildman–Crippen LogP) is 2.27. The van der Waals surface area contributed by atoms with Gasteiger partial charge in [-0.2, -0.15) is 0 Å². The van der Waals surface area contributed by atoms with Gasteiger partial charge in [-0.3, -0.25) is 4.90 Å². The van der Waals surface area contributed by atoms with Gasteiger partial charge in [0, 0.05) is 31.2 Å². The van der Waals surface area contributed by atoms with Crippen LogP contribution in [-0.4, -0.2) is 37.2 Å². The Bertz CT molecular complexity index is 417. The lowest BCUT2D eigenvalue weighted by molar-refractivity contribution is 0.200. The molecule has 1 fully saturated rings. The van der Waals surface area contributed by atoms with Gasteiger partial charge in [0.15, 0.2) is 0 Å². The van der Waals surface area contributed by atoms with Crippen LogP contribution >= 0.6 is 0 Å². The maximum atomic E-state index is 5.83. The minimum atomic E-state index is 0.662. The fourth-order valence-electron chi connectivity index (χ4n) is 2.96. The van der Waals surface area contributed by atoms with Crippen LogP contribution in [0.25, 0.3) is 0 Å². The van der Waals surface area contributed by atoms with E-state index in [1.165, 1.54) is 18.4 Å². The second-order valence-electron chi connectivity index (χ2n) is 5.69. The molecule has 0 saturated heterocycles. The number of hydrogen-bond donors (Lipinski definition) is 1. The standard InChI is InChI=1S/C16H24N2O/c1-2-17-15(13-7-8-13)12-18-9-10-19-16-6-4-3-5-14(16)11-18/h3-6,13,15,17H,2,7-12H2,1H3. The lowest BCUT2D eigenvalue weighted by Crippen LogP contribution is -2.42. The highest BCUT2D eigenvalue weighted by Gasteiger charge is 2.32. The molecule has 104 valence electrons. The van der Waals surface area contributed by atoms with Gasteiger partial charge < -0.3 is 10.1 Å². The van der Waals surface area contributed by atoms with E-state index in [0.29, 0.717) is 6.04 Å². The highest BCUT2D eigenvalue weighted by molar-refractivity contribution is 5.33. The number of likely N-dealkylation sites (N-methyl/N-ethyl adjacent to an activating group) is 1. The van der Waals surface area contributed by atoms with Crippen molar-refractivity contribution in [2.75, 3.05) is 26.2 Å². The molecular formula is C16H24N2O. The van der Waals surface area contributed by atoms with Gasteiger partial charge in [0.1, 0.15) is 12.4 Å². The zero-order chi connectivity index (χ0) is 13.1. The third-order valence-corrected chi connectivity index (χ3v) is 4.14. The van der Waals surface area contributed by atoms with Crippen LogP contribution in [0.1, 0.15) is 25.3 Å². The third-order valence-electron chi connectivity index (χ3n) is 4.14. The second kappa shape index (κ2) is 5.93. The summed E-state index contributed by atoms with van der Waals surface area (Å²) in [5.41, 5.74) is 1.33. The molecule has 1 heterocycles. The van der Waals surface area contributed by atoms with E-state index in [-0.39, 0.29) is 0 Å². The minimum absolute atomic E-state index is 0.662. The number of benzene rings is 1. The fourth-order valence-corrected chi connectivity index (χ4v) is 2.96. The lowest BCUT2D eigenvalue weighted by Gasteiger charge is -2.26. The number of nitrogens with zero attached hydrogens (tertiary/aromatic N) is 1. The van der Waals surface area contributed by atoms with Crippen LogP contribution in [0.2, 0.25) is 0 Å². The molecular weight excluding hydrogens is 236 g/mol. The summed E-state index contributed by atoms with van der Waals surface area (Å²) in [6, 6.07) is 9.10. The molecule has 1 aliphatic heterocycles. The Balaban J connectivity index is 1.65. The number of fused-ring (bicyclic) bond motifs is 1. The summed E-state index contributed by atoms with van der Waals surface area (Å²) in [5.74, 6) is 1.97. The number of rotatable bonds is 5. The van der Waals surface area contributed by atoms with Crippen molar-refractivity contribution >= 4 is 0 Å². The average molecular weight is 260 g/mol. The zero-order valence-corrected chi connectivity index (χ0v) is 11.8. The third kappa shape index (κ3) is 3.28. The van der Waals surface area contributed by atoms with Crippen molar-refractivity contribution in [3.63, 3.8) is 0 Å². The van der Waals surface area contributed by atoms with Crippen molar-refractivity contribution < 1.29 is 4.74 Å². The molecule has 3 nitrogen and oxygen atoms in total. The van der Waals surface area contributed by atoms with Gasteiger partial charge in [-0.25, -0.2) is 0 Å². The van der Waals surface area contributed by atoms with Gasteiger partial charge in [0.25, 0.3) is 0 Å². The molecule has 1 aromatic rings. The summed E-state index contributed by atoms with van der Waals surface area (Å²) >= 11 is 0. The van der Waals surface area contributed by atoms with E-state index in [2.05, 4.69) is 41.4 Å². The van der Waals surface area contributed by atoms with Crippen LogP contribution in [0.5, 0.6) is 5.75 Å². The van der Waals surface area contributed by atoms with E-state index in [1.807, 2.05) is 0 Å². The van der Waals surface area contributed by atoms with Gasteiger partial charge in [-0.15, -0.1) is 0 Å². The SMILES string of the molecule is CCNC(CN1CCOc2ccccc2C1)C1CC1. The first-order chi connectivity index (χ1) is 9.36. The smallest absolute Gasteiger partial charge is 0.123 e. The predicted molar refractivity (Wildman–Crippen MR) is 77.4 cm³/mol. The summed E-state index contributed by atoms with van der Waals surface area (Å²) < 4.78 is 5.83. The van der Waals surface area contributed by atoms with Crippen molar-refractivity contribution in [1.82, 2.24) is 10.2 Å². The molecule has 1 atom stereocenters. The Morgan fingerprint density at radius 1 is 1.37 bits per heavy atom. The van der Waals surface area contributed by atoms with Crippen molar-refractivity contribution in [1.29, 1.82) is 0 Å². The molecule has 3 heteroatoms. The molecule has 0 bridgehead atoms. The van der Waals surface area contributed by atoms with E-state index >= 15 is 0 Å². The molecule has 1 aliphatic carbocycles. The zero-order valence-electron chi connectivity index (χ0n) is 11.8. The molecule has 1 saturated carbocycles. The molecule has 0 radical (unpaired) electrons. The molecule has 19 heavy (non-hydrogen) atoms. The van der Waals surface area contributed by atoms with Gasteiger partial charge in [-0.05, 0) is 31.4 Å². The van der Waals surface area contributed by atoms with Crippen molar-refractivity contribution in [3.8, 4) is 5.75 Å². The summed E-state index contributed by atoms with van der Waals surface area (Å²) in [4.78, 5) is 2.54. The first-order valence-electron chi connectivity index (χ1n) is 7.53. The minimum Gasteiger partial charge on any atom is -0.492 e. The number of para-hydroxylation sites is 1. The summed E-state index contributed by atoms with van der Waals surface area (Å²) in [7, 11) is 0. The van der Waals surface area contributed by atoms with Crippen molar-refractivity contribution in [3.05, 3.63) is 29.8 Å². The number of ether oxygens (including phenoxy) is 1. The summed E-state index contributed by atoms with van der Waals surface area (Å²) in [5, 5.41) is 3.65. The van der Waals surface area contributed by atoms with E-state index in [0.717, 1.165) is 44.5 Å². The molecule has 1 aromatic carbocycles. The normalized spacial score (nSPS) is 21.3. The van der Waals surface area contributed by atoms with Gasteiger partial charge in [0.05, 0.1) is 0 Å². The van der Waals surface area contributed by atoms with E-state index < -0.39 is 0 Å². The van der Waals surface area contributed by atoms with Crippen molar-refractivity contribution in [2.45, 2.75) is 32.4 Å². The van der Waals surface area contributed by atoms with Gasteiger partial charge in [0.2, 0.25) is 0 Å². The summed E-state index contributed by atoms with van der Waals surface area (Å²) in [6.45, 7) is 7.28. The van der Waals surface area contributed by atoms with Crippen LogP contribution in [0.3, 0.4) is 0 Å². The van der Waals surface area contributed by atoms with Crippen LogP contribution in [0, 0.1) is 5.92 Å². The van der Waals surface area contributed by atoms with E-state index in [9.17, 15) is 0 Å². The Morgan fingerprint density at radius 2 is 2.21 bits per heavy atom. The first-order valence-corrected chi connectivity index (χ1v) is 7.53. The Hall–Kier alpha value is -1.06. The maximum Gasteiger partial charge on any atom is 0.123 e. The van der Waals surface area contributed by atoms with Gasteiger partial charge in [-0.1, -0.05) is 25.1 Å². The number of hydrogen-bond acceptors (Lipinski definition) is 3. The molecule has 2 aliphatic rings.